The fraction of sp³-hybridized carbons (Fsp3) is 0.333. The van der Waals surface area contributed by atoms with E-state index in [9.17, 15) is 9.59 Å². The second-order valence-corrected chi connectivity index (χ2v) is 1.05. The van der Waals surface area contributed by atoms with Crippen molar-refractivity contribution in [1.82, 2.24) is 4.90 Å². The van der Waals surface area contributed by atoms with E-state index >= 15 is 0 Å². The molecule has 0 heterocycles. The third-order valence-electron chi connectivity index (χ3n) is 0.563. The van der Waals surface area contributed by atoms with E-state index in [0.29, 0.717) is 4.90 Å². The average Bonchev–Trinajstić information content (AvgIpc) is 1.69. The number of primary amides is 1. The van der Waals surface area contributed by atoms with Gasteiger partial charge in [-0.05, 0) is 0 Å². The van der Waals surface area contributed by atoms with Gasteiger partial charge < -0.3 is 10.8 Å². The van der Waals surface area contributed by atoms with Crippen LogP contribution in [0.25, 0.3) is 0 Å². The molecule has 0 aliphatic rings. The second kappa shape index (κ2) is 2.98. The van der Waals surface area contributed by atoms with Crippen LogP contribution in [-0.2, 0) is 4.79 Å². The van der Waals surface area contributed by atoms with Gasteiger partial charge in [-0.25, -0.2) is 9.69 Å². The molecule has 0 fully saturated rings. The first-order chi connectivity index (χ1) is 3.72. The van der Waals surface area contributed by atoms with Crippen LogP contribution in [0.4, 0.5) is 4.79 Å². The Morgan fingerprint density at radius 3 is 2.38 bits per heavy atom. The number of amides is 3. The minimum Gasteiger partial charge on any atom is -0.376 e. The Bertz CT molecular complexity index is 103. The van der Waals surface area contributed by atoms with Crippen LogP contribution in [0.1, 0.15) is 0 Å². The van der Waals surface area contributed by atoms with Crippen LogP contribution in [-0.4, -0.2) is 29.2 Å². The lowest BCUT2D eigenvalue weighted by molar-refractivity contribution is -0.117. The van der Waals surface area contributed by atoms with Crippen LogP contribution in [0.2, 0.25) is 0 Å². The van der Waals surface area contributed by atoms with Crippen molar-refractivity contribution in [3.63, 3.8) is 0 Å². The topological polar surface area (TPSA) is 83.6 Å². The van der Waals surface area contributed by atoms with Crippen LogP contribution in [0, 0.1) is 0 Å². The van der Waals surface area contributed by atoms with Crippen molar-refractivity contribution >= 4 is 12.4 Å². The highest BCUT2D eigenvalue weighted by Gasteiger charge is 2.02. The van der Waals surface area contributed by atoms with Crippen LogP contribution < -0.4 is 5.73 Å². The van der Waals surface area contributed by atoms with Crippen molar-refractivity contribution < 1.29 is 14.7 Å². The molecule has 5 nitrogen and oxygen atoms in total. The maximum atomic E-state index is 9.92. The molecule has 0 aliphatic heterocycles. The summed E-state index contributed by atoms with van der Waals surface area (Å²) in [7, 11) is 0. The zero-order valence-electron chi connectivity index (χ0n) is 4.07. The van der Waals surface area contributed by atoms with Crippen molar-refractivity contribution in [1.29, 1.82) is 0 Å². The fourth-order valence-electron chi connectivity index (χ4n) is 0.155. The number of hydrogen-bond donors (Lipinski definition) is 2. The van der Waals surface area contributed by atoms with E-state index in [1.165, 1.54) is 0 Å². The van der Waals surface area contributed by atoms with Crippen LogP contribution in [0.15, 0.2) is 0 Å². The summed E-state index contributed by atoms with van der Waals surface area (Å²) in [5, 5.41) is 8.09. The summed E-state index contributed by atoms with van der Waals surface area (Å²) in [5.41, 5.74) is 4.55. The van der Waals surface area contributed by atoms with Crippen molar-refractivity contribution in [2.75, 3.05) is 6.73 Å². The zero-order valence-corrected chi connectivity index (χ0v) is 4.07. The average molecular weight is 118 g/mol. The molecule has 3 amide bonds. The third-order valence-corrected chi connectivity index (χ3v) is 0.563. The van der Waals surface area contributed by atoms with Crippen LogP contribution in [0.3, 0.4) is 0 Å². The summed E-state index contributed by atoms with van der Waals surface area (Å²) in [6, 6.07) is -0.956. The molecule has 0 spiro atoms. The number of urea groups is 1. The summed E-state index contributed by atoms with van der Waals surface area (Å²) in [4.78, 5) is 20.0. The molecule has 0 saturated carbocycles. The van der Waals surface area contributed by atoms with Gasteiger partial charge in [0, 0.05) is 0 Å². The Labute approximate surface area is 45.7 Å². The van der Waals surface area contributed by atoms with Gasteiger partial charge in [0.05, 0.1) is 0 Å². The molecule has 0 aromatic heterocycles. The lowest BCUT2D eigenvalue weighted by Gasteiger charge is -2.05. The highest BCUT2D eigenvalue weighted by Crippen LogP contribution is 1.74. The fourth-order valence-corrected chi connectivity index (χ4v) is 0.155. The van der Waals surface area contributed by atoms with E-state index in [1.807, 2.05) is 0 Å². The van der Waals surface area contributed by atoms with Crippen molar-refractivity contribution in [3.8, 4) is 0 Å². The van der Waals surface area contributed by atoms with Crippen LogP contribution >= 0.6 is 0 Å². The first-order valence-corrected chi connectivity index (χ1v) is 1.84. The normalized spacial score (nSPS) is 8.12. The molecule has 8 heavy (non-hydrogen) atoms. The molecule has 0 radical (unpaired) electrons. The van der Waals surface area contributed by atoms with Crippen molar-refractivity contribution in [2.24, 2.45) is 5.73 Å². The number of rotatable bonds is 2. The Balaban J connectivity index is 3.69. The van der Waals surface area contributed by atoms with Gasteiger partial charge in [0.25, 0.3) is 0 Å². The number of carbonyl (C=O) groups excluding carboxylic acids is 2. The number of imide groups is 1. The van der Waals surface area contributed by atoms with E-state index < -0.39 is 12.8 Å². The van der Waals surface area contributed by atoms with Gasteiger partial charge in [-0.15, -0.1) is 0 Å². The van der Waals surface area contributed by atoms with Gasteiger partial charge in [-0.2, -0.15) is 0 Å². The summed E-state index contributed by atoms with van der Waals surface area (Å²) in [6.45, 7) is -0.668. The van der Waals surface area contributed by atoms with Gasteiger partial charge in [0.1, 0.15) is 6.73 Å². The van der Waals surface area contributed by atoms with E-state index in [4.69, 9.17) is 5.11 Å². The minimum atomic E-state index is -0.956. The molecule has 0 aromatic carbocycles. The highest BCUT2D eigenvalue weighted by atomic mass is 16.3. The van der Waals surface area contributed by atoms with E-state index in [-0.39, 0.29) is 6.41 Å². The summed E-state index contributed by atoms with van der Waals surface area (Å²) >= 11 is 0. The van der Waals surface area contributed by atoms with Gasteiger partial charge in [-0.1, -0.05) is 0 Å². The van der Waals surface area contributed by atoms with Crippen molar-refractivity contribution in [3.05, 3.63) is 0 Å². The number of hydrogen-bond acceptors (Lipinski definition) is 3. The highest BCUT2D eigenvalue weighted by molar-refractivity contribution is 5.82. The Kier molecular flexibility index (Phi) is 2.57. The maximum absolute atomic E-state index is 9.92. The lowest BCUT2D eigenvalue weighted by Crippen LogP contribution is -2.34. The van der Waals surface area contributed by atoms with E-state index in [1.54, 1.807) is 0 Å². The quantitative estimate of drug-likeness (QED) is 0.341. The number of aliphatic hydroxyl groups is 1. The number of carbonyl (C=O) groups is 2. The molecule has 0 atom stereocenters. The third kappa shape index (κ3) is 1.57. The molecular weight excluding hydrogens is 112 g/mol. The molecule has 3 N–H and O–H groups in total. The molecule has 0 saturated heterocycles. The smallest absolute Gasteiger partial charge is 0.323 e. The lowest BCUT2D eigenvalue weighted by atomic mass is 10.8. The van der Waals surface area contributed by atoms with E-state index in [0.717, 1.165) is 0 Å². The molecule has 0 rings (SSSR count). The van der Waals surface area contributed by atoms with Gasteiger partial charge in [-0.3, -0.25) is 4.79 Å². The maximum Gasteiger partial charge on any atom is 0.323 e. The first-order valence-electron chi connectivity index (χ1n) is 1.84. The number of nitrogens with zero attached hydrogens (tertiary/aromatic N) is 1. The zero-order chi connectivity index (χ0) is 6.57. The second-order valence-electron chi connectivity index (χ2n) is 1.05. The summed E-state index contributed by atoms with van der Waals surface area (Å²) in [6.07, 6.45) is 0.155. The number of nitrogens with two attached hydrogens (primary N) is 1. The predicted octanol–water partition coefficient (Wildman–Crippen LogP) is -1.53. The van der Waals surface area contributed by atoms with Crippen LogP contribution in [0.5, 0.6) is 0 Å². The summed E-state index contributed by atoms with van der Waals surface area (Å²) < 4.78 is 0. The number of aliphatic hydroxyl groups excluding tert-OH is 1. The molecule has 46 valence electrons. The molecular formula is C3H6N2O3. The molecule has 0 bridgehead atoms. The van der Waals surface area contributed by atoms with Crippen molar-refractivity contribution in [2.45, 2.75) is 0 Å². The molecule has 0 aromatic rings. The molecule has 5 heteroatoms. The van der Waals surface area contributed by atoms with Gasteiger partial charge >= 0.3 is 6.03 Å². The first kappa shape index (κ1) is 6.90. The largest absolute Gasteiger partial charge is 0.376 e. The van der Waals surface area contributed by atoms with E-state index in [2.05, 4.69) is 5.73 Å². The summed E-state index contributed by atoms with van der Waals surface area (Å²) in [5.74, 6) is 0. The molecule has 0 unspecified atom stereocenters. The van der Waals surface area contributed by atoms with Gasteiger partial charge in [0.15, 0.2) is 0 Å². The standard InChI is InChI=1S/C3H6N2O3/c4-3(8)5(1-6)2-7/h1,7H,2H2,(H2,4,8). The monoisotopic (exact) mass is 118 g/mol. The Morgan fingerprint density at radius 2 is 2.38 bits per heavy atom. The SMILES string of the molecule is NC(=O)N(C=O)CO. The Morgan fingerprint density at radius 1 is 1.88 bits per heavy atom. The predicted molar refractivity (Wildman–Crippen MR) is 24.6 cm³/mol. The Hall–Kier alpha value is -1.10. The molecule has 0 aliphatic carbocycles. The minimum absolute atomic E-state index is 0.155. The van der Waals surface area contributed by atoms with Gasteiger partial charge in [0.2, 0.25) is 6.41 Å².